The highest BCUT2D eigenvalue weighted by Crippen LogP contribution is 2.26. The molecule has 0 aliphatic rings. The molecule has 0 saturated carbocycles. The van der Waals surface area contributed by atoms with Crippen molar-refractivity contribution in [2.75, 3.05) is 5.32 Å². The van der Waals surface area contributed by atoms with Gasteiger partial charge in [-0.3, -0.25) is 10.1 Å². The molecule has 0 saturated heterocycles. The highest BCUT2D eigenvalue weighted by atomic mass is 35.5. The first kappa shape index (κ1) is 19.7. The predicted molar refractivity (Wildman–Crippen MR) is 97.8 cm³/mol. The lowest BCUT2D eigenvalue weighted by molar-refractivity contribution is -0.389. The van der Waals surface area contributed by atoms with Crippen molar-refractivity contribution in [3.8, 4) is 0 Å². The number of aromatic nitrogens is 5. The van der Waals surface area contributed by atoms with Crippen LogP contribution < -0.4 is 5.32 Å². The van der Waals surface area contributed by atoms with E-state index in [1.807, 2.05) is 0 Å². The van der Waals surface area contributed by atoms with E-state index in [9.17, 15) is 19.3 Å². The van der Waals surface area contributed by atoms with E-state index in [2.05, 4.69) is 20.5 Å². The van der Waals surface area contributed by atoms with E-state index in [4.69, 9.17) is 23.2 Å². The molecular formula is C15H12Cl2FN7O3. The van der Waals surface area contributed by atoms with Crippen LogP contribution in [0.5, 0.6) is 0 Å². The van der Waals surface area contributed by atoms with Crippen LogP contribution in [-0.4, -0.2) is 35.4 Å². The van der Waals surface area contributed by atoms with Crippen molar-refractivity contribution in [3.63, 3.8) is 0 Å². The highest BCUT2D eigenvalue weighted by molar-refractivity contribution is 6.33. The van der Waals surface area contributed by atoms with E-state index < -0.39 is 22.5 Å². The zero-order chi connectivity index (χ0) is 20.4. The zero-order valence-electron chi connectivity index (χ0n) is 14.3. The molecule has 0 fully saturated rings. The van der Waals surface area contributed by atoms with Crippen LogP contribution in [0, 0.1) is 22.9 Å². The zero-order valence-corrected chi connectivity index (χ0v) is 15.8. The molecule has 2 heterocycles. The SMILES string of the molecule is Cc1c(Cl)c([N+](=O)[O-])nn1CC(=O)Nc1ncn(Cc2c(F)cccc2Cl)n1. The lowest BCUT2D eigenvalue weighted by Crippen LogP contribution is -2.21. The average molecular weight is 428 g/mol. The quantitative estimate of drug-likeness (QED) is 0.476. The Bertz CT molecular complexity index is 1050. The standard InChI is InChI=1S/C15H12Cl2FN7O3/c1-8-13(17)14(25(27)28)21-24(8)6-12(26)20-15-19-7-23(22-15)5-9-10(16)3-2-4-11(9)18/h2-4,7H,5-6H2,1H3,(H,20,22,26). The summed E-state index contributed by atoms with van der Waals surface area (Å²) in [4.78, 5) is 26.2. The van der Waals surface area contributed by atoms with Crippen LogP contribution in [-0.2, 0) is 17.9 Å². The molecule has 0 radical (unpaired) electrons. The van der Waals surface area contributed by atoms with Gasteiger partial charge >= 0.3 is 5.82 Å². The molecule has 0 aliphatic heterocycles. The first-order chi connectivity index (χ1) is 13.3. The lowest BCUT2D eigenvalue weighted by Gasteiger charge is -2.05. The number of hydrogen-bond acceptors (Lipinski definition) is 6. The molecule has 13 heteroatoms. The molecule has 10 nitrogen and oxygen atoms in total. The summed E-state index contributed by atoms with van der Waals surface area (Å²) in [6.07, 6.45) is 1.30. The Labute approximate surface area is 167 Å². The van der Waals surface area contributed by atoms with Crippen LogP contribution in [0.15, 0.2) is 24.5 Å². The first-order valence-corrected chi connectivity index (χ1v) is 8.51. The van der Waals surface area contributed by atoms with Crippen molar-refractivity contribution in [1.82, 2.24) is 24.5 Å². The third-order valence-electron chi connectivity index (χ3n) is 3.75. The Hall–Kier alpha value is -3.05. The molecule has 2 aromatic heterocycles. The second-order valence-electron chi connectivity index (χ2n) is 5.65. The molecule has 1 aromatic carbocycles. The number of rotatable bonds is 6. The molecule has 146 valence electrons. The van der Waals surface area contributed by atoms with E-state index >= 15 is 0 Å². The van der Waals surface area contributed by atoms with Crippen LogP contribution in [0.25, 0.3) is 0 Å². The maximum absolute atomic E-state index is 13.8. The normalized spacial score (nSPS) is 10.9. The number of carbonyl (C=O) groups is 1. The number of hydrogen-bond donors (Lipinski definition) is 1. The maximum Gasteiger partial charge on any atom is 0.408 e. The molecule has 0 bridgehead atoms. The second-order valence-corrected chi connectivity index (χ2v) is 6.44. The fraction of sp³-hybridized carbons (Fsp3) is 0.200. The minimum atomic E-state index is -0.735. The molecule has 3 rings (SSSR count). The fourth-order valence-corrected chi connectivity index (χ4v) is 2.78. The predicted octanol–water partition coefficient (Wildman–Crippen LogP) is 2.82. The van der Waals surface area contributed by atoms with Gasteiger partial charge in [0.15, 0.2) is 5.02 Å². The summed E-state index contributed by atoms with van der Waals surface area (Å²) in [6.45, 7) is 1.20. The van der Waals surface area contributed by atoms with Gasteiger partial charge in [-0.15, -0.1) is 5.10 Å². The third kappa shape index (κ3) is 4.10. The number of halogens is 3. The summed E-state index contributed by atoms with van der Waals surface area (Å²) in [7, 11) is 0. The van der Waals surface area contributed by atoms with Crippen molar-refractivity contribution in [2.45, 2.75) is 20.0 Å². The molecule has 0 spiro atoms. The summed E-state index contributed by atoms with van der Waals surface area (Å²) in [5, 5.41) is 21.1. The van der Waals surface area contributed by atoms with Gasteiger partial charge in [0.25, 0.3) is 5.91 Å². The van der Waals surface area contributed by atoms with Gasteiger partial charge in [-0.2, -0.15) is 4.68 Å². The molecule has 28 heavy (non-hydrogen) atoms. The summed E-state index contributed by atoms with van der Waals surface area (Å²) in [6, 6.07) is 4.32. The number of carbonyl (C=O) groups excluding carboxylic acids is 1. The molecule has 0 unspecified atom stereocenters. The molecule has 1 N–H and O–H groups in total. The largest absolute Gasteiger partial charge is 0.408 e. The van der Waals surface area contributed by atoms with Crippen molar-refractivity contribution >= 4 is 40.9 Å². The van der Waals surface area contributed by atoms with Crippen LogP contribution in [0.1, 0.15) is 11.3 Å². The minimum Gasteiger partial charge on any atom is -0.358 e. The Morgan fingerprint density at radius 3 is 2.75 bits per heavy atom. The average Bonchev–Trinajstić information content (AvgIpc) is 3.17. The van der Waals surface area contributed by atoms with Crippen LogP contribution in [0.3, 0.4) is 0 Å². The number of nitro groups is 1. The van der Waals surface area contributed by atoms with E-state index in [-0.39, 0.29) is 40.3 Å². The lowest BCUT2D eigenvalue weighted by atomic mass is 10.2. The van der Waals surface area contributed by atoms with Crippen LogP contribution >= 0.6 is 23.2 Å². The second kappa shape index (κ2) is 7.90. The minimum absolute atomic E-state index is 0.0223. The number of amides is 1. The Kier molecular flexibility index (Phi) is 5.56. The summed E-state index contributed by atoms with van der Waals surface area (Å²) in [5.41, 5.74) is 0.511. The van der Waals surface area contributed by atoms with Gasteiger partial charge in [-0.1, -0.05) is 29.3 Å². The molecule has 0 aliphatic carbocycles. The van der Waals surface area contributed by atoms with Gasteiger partial charge in [0.05, 0.1) is 17.3 Å². The summed E-state index contributed by atoms with van der Waals surface area (Å²) < 4.78 is 16.2. The van der Waals surface area contributed by atoms with Crippen molar-refractivity contribution < 1.29 is 14.1 Å². The summed E-state index contributed by atoms with van der Waals surface area (Å²) >= 11 is 11.8. The smallest absolute Gasteiger partial charge is 0.358 e. The number of anilines is 1. The van der Waals surface area contributed by atoms with Crippen molar-refractivity contribution in [2.24, 2.45) is 0 Å². The third-order valence-corrected chi connectivity index (χ3v) is 4.55. The number of nitrogens with one attached hydrogen (secondary N) is 1. The number of benzene rings is 1. The van der Waals surface area contributed by atoms with Gasteiger partial charge in [-0.25, -0.2) is 14.1 Å². The van der Waals surface area contributed by atoms with Crippen LogP contribution in [0.2, 0.25) is 10.0 Å². The topological polar surface area (TPSA) is 121 Å². The van der Waals surface area contributed by atoms with Gasteiger partial charge < -0.3 is 10.1 Å². The van der Waals surface area contributed by atoms with E-state index in [0.717, 1.165) is 4.68 Å². The molecule has 0 atom stereocenters. The monoisotopic (exact) mass is 427 g/mol. The fourth-order valence-electron chi connectivity index (χ4n) is 2.35. The molecule has 1 amide bonds. The van der Waals surface area contributed by atoms with E-state index in [1.54, 1.807) is 6.07 Å². The van der Waals surface area contributed by atoms with Crippen LogP contribution in [0.4, 0.5) is 16.2 Å². The van der Waals surface area contributed by atoms with Gasteiger partial charge in [0.1, 0.15) is 18.7 Å². The number of nitrogens with zero attached hydrogens (tertiary/aromatic N) is 6. The highest BCUT2D eigenvalue weighted by Gasteiger charge is 2.25. The Morgan fingerprint density at radius 2 is 2.11 bits per heavy atom. The van der Waals surface area contributed by atoms with E-state index in [0.29, 0.717) is 0 Å². The molecule has 3 aromatic rings. The van der Waals surface area contributed by atoms with Crippen molar-refractivity contribution in [3.05, 3.63) is 61.8 Å². The first-order valence-electron chi connectivity index (χ1n) is 7.75. The maximum atomic E-state index is 13.8. The van der Waals surface area contributed by atoms with Gasteiger partial charge in [0, 0.05) is 10.6 Å². The Balaban J connectivity index is 1.68. The van der Waals surface area contributed by atoms with Crippen molar-refractivity contribution in [1.29, 1.82) is 0 Å². The Morgan fingerprint density at radius 1 is 1.36 bits per heavy atom. The summed E-state index contributed by atoms with van der Waals surface area (Å²) in [5.74, 6) is -1.61. The van der Waals surface area contributed by atoms with Gasteiger partial charge in [0.2, 0.25) is 5.95 Å². The molecular weight excluding hydrogens is 416 g/mol. The van der Waals surface area contributed by atoms with Gasteiger partial charge in [-0.05, 0) is 24.0 Å². The van der Waals surface area contributed by atoms with E-state index in [1.165, 1.54) is 30.1 Å².